The number of nitrogens with zero attached hydrogens (tertiary/aromatic N) is 3. The predicted octanol–water partition coefficient (Wildman–Crippen LogP) is 2.38. The minimum absolute atomic E-state index is 0.0346. The molecule has 1 N–H and O–H groups in total. The SMILES string of the molecule is O=C(Cn1nc(C(F)(F)F)c(Br)c1C1CC1)NCCCN1CCOCC1. The number of hydrogen-bond donors (Lipinski definition) is 1. The van der Waals surface area contributed by atoms with Gasteiger partial charge >= 0.3 is 6.18 Å². The number of alkyl halides is 3. The average Bonchev–Trinajstić information content (AvgIpc) is 3.36. The second-order valence-electron chi connectivity index (χ2n) is 6.64. The number of carbonyl (C=O) groups is 1. The van der Waals surface area contributed by atoms with Gasteiger partial charge in [-0.05, 0) is 41.7 Å². The normalized spacial score (nSPS) is 18.9. The fraction of sp³-hybridized carbons (Fsp3) is 0.750. The Balaban J connectivity index is 1.52. The molecule has 1 amide bonds. The molecular weight excluding hydrogens is 417 g/mol. The van der Waals surface area contributed by atoms with Gasteiger partial charge in [0.1, 0.15) is 6.54 Å². The third kappa shape index (κ3) is 4.98. The van der Waals surface area contributed by atoms with E-state index in [4.69, 9.17) is 4.74 Å². The summed E-state index contributed by atoms with van der Waals surface area (Å²) < 4.78 is 45.6. The molecule has 1 aromatic heterocycles. The van der Waals surface area contributed by atoms with Crippen LogP contribution in [0.15, 0.2) is 4.47 Å². The number of halogens is 4. The molecule has 26 heavy (non-hydrogen) atoms. The molecule has 6 nitrogen and oxygen atoms in total. The Morgan fingerprint density at radius 3 is 2.62 bits per heavy atom. The van der Waals surface area contributed by atoms with E-state index in [1.54, 1.807) is 0 Å². The van der Waals surface area contributed by atoms with Crippen molar-refractivity contribution in [2.75, 3.05) is 39.4 Å². The molecule has 3 rings (SSSR count). The van der Waals surface area contributed by atoms with Gasteiger partial charge in [0, 0.05) is 25.6 Å². The van der Waals surface area contributed by atoms with Gasteiger partial charge in [-0.2, -0.15) is 18.3 Å². The molecule has 2 aliphatic rings. The number of morpholine rings is 1. The van der Waals surface area contributed by atoms with Crippen LogP contribution in [0.5, 0.6) is 0 Å². The lowest BCUT2D eigenvalue weighted by Gasteiger charge is -2.26. The lowest BCUT2D eigenvalue weighted by molar-refractivity contribution is -0.142. The van der Waals surface area contributed by atoms with E-state index < -0.39 is 11.9 Å². The molecule has 10 heteroatoms. The van der Waals surface area contributed by atoms with E-state index in [1.165, 1.54) is 4.68 Å². The van der Waals surface area contributed by atoms with E-state index in [1.807, 2.05) is 0 Å². The summed E-state index contributed by atoms with van der Waals surface area (Å²) in [5, 5.41) is 6.42. The van der Waals surface area contributed by atoms with Gasteiger partial charge in [-0.15, -0.1) is 0 Å². The summed E-state index contributed by atoms with van der Waals surface area (Å²) in [5.41, 5.74) is -0.486. The fourth-order valence-electron chi connectivity index (χ4n) is 3.05. The summed E-state index contributed by atoms with van der Waals surface area (Å²) >= 11 is 3.03. The summed E-state index contributed by atoms with van der Waals surface area (Å²) in [6, 6.07) is 0. The van der Waals surface area contributed by atoms with E-state index in [2.05, 4.69) is 31.2 Å². The molecule has 2 heterocycles. The number of nitrogens with one attached hydrogen (secondary N) is 1. The van der Waals surface area contributed by atoms with Gasteiger partial charge < -0.3 is 10.1 Å². The highest BCUT2D eigenvalue weighted by molar-refractivity contribution is 9.10. The monoisotopic (exact) mass is 438 g/mol. The minimum atomic E-state index is -4.54. The van der Waals surface area contributed by atoms with Gasteiger partial charge in [0.15, 0.2) is 5.69 Å². The Labute approximate surface area is 158 Å². The summed E-state index contributed by atoms with van der Waals surface area (Å²) in [4.78, 5) is 14.4. The highest BCUT2D eigenvalue weighted by atomic mass is 79.9. The van der Waals surface area contributed by atoms with Crippen molar-refractivity contribution in [2.45, 2.75) is 37.9 Å². The van der Waals surface area contributed by atoms with Crippen LogP contribution in [0.3, 0.4) is 0 Å². The van der Waals surface area contributed by atoms with Crippen LogP contribution in [0.2, 0.25) is 0 Å². The summed E-state index contributed by atoms with van der Waals surface area (Å²) in [6.45, 7) is 4.39. The zero-order chi connectivity index (χ0) is 18.7. The molecule has 0 aromatic carbocycles. The zero-order valence-electron chi connectivity index (χ0n) is 14.3. The lowest BCUT2D eigenvalue weighted by atomic mass is 10.2. The molecule has 146 valence electrons. The molecule has 1 aromatic rings. The topological polar surface area (TPSA) is 59.4 Å². The van der Waals surface area contributed by atoms with Crippen molar-refractivity contribution in [1.29, 1.82) is 0 Å². The standard InChI is InChI=1S/C16H22BrF3N4O2/c17-13-14(11-2-3-11)24(22-15(13)16(18,19)20)10-12(25)21-4-1-5-23-6-8-26-9-7-23/h11H,1-10H2,(H,21,25). The number of amides is 1. The second kappa shape index (κ2) is 8.26. The van der Waals surface area contributed by atoms with Crippen LogP contribution >= 0.6 is 15.9 Å². The summed E-state index contributed by atoms with van der Waals surface area (Å²) in [5.74, 6) is -0.278. The first-order valence-electron chi connectivity index (χ1n) is 8.76. The van der Waals surface area contributed by atoms with E-state index in [0.717, 1.165) is 52.1 Å². The van der Waals surface area contributed by atoms with Gasteiger partial charge in [0.05, 0.1) is 23.4 Å². The Morgan fingerprint density at radius 1 is 1.31 bits per heavy atom. The van der Waals surface area contributed by atoms with E-state index in [9.17, 15) is 18.0 Å². The Bertz CT molecular complexity index is 640. The molecule has 1 saturated carbocycles. The first-order chi connectivity index (χ1) is 12.4. The molecule has 2 fully saturated rings. The van der Waals surface area contributed by atoms with Crippen LogP contribution in [-0.2, 0) is 22.3 Å². The van der Waals surface area contributed by atoms with Crippen molar-refractivity contribution in [3.8, 4) is 0 Å². The van der Waals surface area contributed by atoms with Gasteiger partial charge in [-0.1, -0.05) is 0 Å². The molecule has 1 saturated heterocycles. The molecule has 0 unspecified atom stereocenters. The smallest absolute Gasteiger partial charge is 0.379 e. The number of rotatable bonds is 7. The van der Waals surface area contributed by atoms with Crippen LogP contribution in [0.4, 0.5) is 13.2 Å². The van der Waals surface area contributed by atoms with Crippen molar-refractivity contribution < 1.29 is 22.7 Å². The second-order valence-corrected chi connectivity index (χ2v) is 7.43. The largest absolute Gasteiger partial charge is 0.436 e. The lowest BCUT2D eigenvalue weighted by Crippen LogP contribution is -2.38. The maximum absolute atomic E-state index is 13.1. The van der Waals surface area contributed by atoms with Crippen molar-refractivity contribution in [3.63, 3.8) is 0 Å². The first kappa shape index (κ1) is 19.6. The molecular formula is C16H22BrF3N4O2. The van der Waals surface area contributed by atoms with Crippen LogP contribution in [0.1, 0.15) is 36.6 Å². The quantitative estimate of drug-likeness (QED) is 0.663. The van der Waals surface area contributed by atoms with Crippen molar-refractivity contribution in [2.24, 2.45) is 0 Å². The predicted molar refractivity (Wildman–Crippen MR) is 91.8 cm³/mol. The molecule has 0 bridgehead atoms. The van der Waals surface area contributed by atoms with Gasteiger partial charge in [0.2, 0.25) is 5.91 Å². The summed E-state index contributed by atoms with van der Waals surface area (Å²) in [6.07, 6.45) is -2.11. The maximum Gasteiger partial charge on any atom is 0.436 e. The fourth-order valence-corrected chi connectivity index (χ4v) is 3.88. The van der Waals surface area contributed by atoms with Crippen LogP contribution in [0, 0.1) is 0 Å². The Hall–Kier alpha value is -1.13. The Morgan fingerprint density at radius 2 is 2.00 bits per heavy atom. The van der Waals surface area contributed by atoms with E-state index in [-0.39, 0.29) is 22.8 Å². The third-order valence-corrected chi connectivity index (χ3v) is 5.32. The highest BCUT2D eigenvalue weighted by Crippen LogP contribution is 2.46. The number of aromatic nitrogens is 2. The molecule has 0 spiro atoms. The molecule has 1 aliphatic heterocycles. The van der Waals surface area contributed by atoms with E-state index >= 15 is 0 Å². The van der Waals surface area contributed by atoms with Crippen molar-refractivity contribution >= 4 is 21.8 Å². The van der Waals surface area contributed by atoms with Gasteiger partial charge in [0.25, 0.3) is 0 Å². The van der Waals surface area contributed by atoms with Crippen LogP contribution in [-0.4, -0.2) is 60.0 Å². The van der Waals surface area contributed by atoms with Crippen LogP contribution in [0.25, 0.3) is 0 Å². The maximum atomic E-state index is 13.1. The van der Waals surface area contributed by atoms with Crippen LogP contribution < -0.4 is 5.32 Å². The number of carbonyl (C=O) groups excluding carboxylic acids is 1. The molecule has 0 atom stereocenters. The first-order valence-corrected chi connectivity index (χ1v) is 9.55. The Kier molecular flexibility index (Phi) is 6.24. The van der Waals surface area contributed by atoms with Crippen molar-refractivity contribution in [3.05, 3.63) is 15.9 Å². The third-order valence-electron chi connectivity index (χ3n) is 4.53. The van der Waals surface area contributed by atoms with Gasteiger partial charge in [-0.25, -0.2) is 0 Å². The van der Waals surface area contributed by atoms with E-state index in [0.29, 0.717) is 12.2 Å². The molecule has 1 aliphatic carbocycles. The summed E-state index contributed by atoms with van der Waals surface area (Å²) in [7, 11) is 0. The number of ether oxygens (including phenoxy) is 1. The van der Waals surface area contributed by atoms with Crippen molar-refractivity contribution in [1.82, 2.24) is 20.0 Å². The van der Waals surface area contributed by atoms with Gasteiger partial charge in [-0.3, -0.25) is 14.4 Å². The zero-order valence-corrected chi connectivity index (χ0v) is 15.9. The average molecular weight is 439 g/mol. The number of hydrogen-bond acceptors (Lipinski definition) is 4. The highest BCUT2D eigenvalue weighted by Gasteiger charge is 2.41. The minimum Gasteiger partial charge on any atom is -0.379 e. The molecule has 0 radical (unpaired) electrons.